The molecule has 1 saturated heterocycles. The molecule has 33 heavy (non-hydrogen) atoms. The summed E-state index contributed by atoms with van der Waals surface area (Å²) in [6, 6.07) is 4.60. The van der Waals surface area contributed by atoms with Crippen molar-refractivity contribution in [2.45, 2.75) is 101 Å². The lowest BCUT2D eigenvalue weighted by Gasteiger charge is -2.63. The highest BCUT2D eigenvalue weighted by molar-refractivity contribution is 6.74. The number of hydrogen-bond acceptors (Lipinski definition) is 4. The maximum absolute atomic E-state index is 12.6. The summed E-state index contributed by atoms with van der Waals surface area (Å²) in [5.74, 6) is 3.43. The summed E-state index contributed by atoms with van der Waals surface area (Å²) in [5, 5.41) is 12.7. The molecule has 6 rings (SSSR count). The third-order valence-corrected chi connectivity index (χ3v) is 14.8. The van der Waals surface area contributed by atoms with Gasteiger partial charge in [0.2, 0.25) is 0 Å². The largest absolute Gasteiger partial charge is 0.541 e. The van der Waals surface area contributed by atoms with Crippen molar-refractivity contribution < 1.29 is 14.3 Å². The van der Waals surface area contributed by atoms with Gasteiger partial charge in [-0.2, -0.15) is 0 Å². The number of piperidine rings is 1. The number of aliphatic hydroxyl groups is 1. The van der Waals surface area contributed by atoms with E-state index in [4.69, 9.17) is 9.16 Å². The lowest BCUT2D eigenvalue weighted by atomic mass is 9.48. The predicted molar refractivity (Wildman–Crippen MR) is 135 cm³/mol. The van der Waals surface area contributed by atoms with Crippen LogP contribution in [0.2, 0.25) is 18.1 Å². The van der Waals surface area contributed by atoms with E-state index in [9.17, 15) is 5.11 Å². The highest BCUT2D eigenvalue weighted by atomic mass is 28.4. The second-order valence-corrected chi connectivity index (χ2v) is 18.0. The highest BCUT2D eigenvalue weighted by Gasteiger charge is 2.72. The van der Waals surface area contributed by atoms with Crippen LogP contribution >= 0.6 is 0 Å². The summed E-state index contributed by atoms with van der Waals surface area (Å²) in [6.45, 7) is 20.4. The van der Waals surface area contributed by atoms with Gasteiger partial charge in [0.1, 0.15) is 11.9 Å². The maximum atomic E-state index is 12.6. The third kappa shape index (κ3) is 2.82. The summed E-state index contributed by atoms with van der Waals surface area (Å²) in [7, 11) is -2.03. The Balaban J connectivity index is 1.47. The SMILES string of the molecule is C=C1CC[C@@]2(O)[C@H]3Cc4ccc(O[Si](C)(C)C(C)(C)C)c5c4[C@@]2(CCN3CC2C[C@H]2C)[C@H]1O5. The molecule has 2 saturated carbocycles. The van der Waals surface area contributed by atoms with Crippen molar-refractivity contribution in [3.8, 4) is 11.5 Å². The van der Waals surface area contributed by atoms with Crippen LogP contribution in [0.3, 0.4) is 0 Å². The fourth-order valence-electron chi connectivity index (χ4n) is 7.21. The standard InChI is InChI=1S/C28H41NO3Si/c1-17-10-11-28(30)22-15-19-8-9-21(32-33(6,7)26(3,4)5)24-23(19)27(28,25(17)31-24)12-13-29(22)16-20-14-18(20)2/h8-9,18,20,22,25,30H,1,10-16H2,2-7H3/t18-,20?,22-,25+,27+,28-/m1/s1. The molecule has 5 heteroatoms. The molecule has 2 bridgehead atoms. The van der Waals surface area contributed by atoms with Crippen molar-refractivity contribution in [1.82, 2.24) is 4.90 Å². The summed E-state index contributed by atoms with van der Waals surface area (Å²) in [4.78, 5) is 2.63. The van der Waals surface area contributed by atoms with E-state index in [1.54, 1.807) is 0 Å². The Morgan fingerprint density at radius 2 is 2.00 bits per heavy atom. The van der Waals surface area contributed by atoms with E-state index in [0.29, 0.717) is 0 Å². The number of hydrogen-bond donors (Lipinski definition) is 1. The van der Waals surface area contributed by atoms with Gasteiger partial charge in [-0.25, -0.2) is 0 Å². The van der Waals surface area contributed by atoms with E-state index >= 15 is 0 Å². The first-order valence-corrected chi connectivity index (χ1v) is 16.0. The molecule has 1 unspecified atom stereocenters. The molecule has 1 aromatic rings. The van der Waals surface area contributed by atoms with E-state index in [0.717, 1.165) is 67.7 Å². The molecular weight excluding hydrogens is 426 g/mol. The second-order valence-electron chi connectivity index (χ2n) is 13.3. The van der Waals surface area contributed by atoms with Crippen LogP contribution in [0.15, 0.2) is 24.3 Å². The van der Waals surface area contributed by atoms with Gasteiger partial charge in [0, 0.05) is 18.2 Å². The zero-order valence-electron chi connectivity index (χ0n) is 21.3. The molecule has 1 aromatic carbocycles. The Labute approximate surface area is 200 Å². The molecule has 180 valence electrons. The van der Waals surface area contributed by atoms with Crippen LogP contribution in [0, 0.1) is 11.8 Å². The Kier molecular flexibility index (Phi) is 4.48. The van der Waals surface area contributed by atoms with E-state index < -0.39 is 13.9 Å². The van der Waals surface area contributed by atoms with Gasteiger partial charge in [0.15, 0.2) is 5.75 Å². The molecule has 0 aromatic heterocycles. The van der Waals surface area contributed by atoms with Gasteiger partial charge in [-0.3, -0.25) is 4.90 Å². The normalized spacial score (nSPS) is 39.2. The smallest absolute Gasteiger partial charge is 0.250 e. The predicted octanol–water partition coefficient (Wildman–Crippen LogP) is 5.44. The molecule has 1 spiro atoms. The Morgan fingerprint density at radius 3 is 2.67 bits per heavy atom. The van der Waals surface area contributed by atoms with Crippen LogP contribution in [-0.2, 0) is 11.8 Å². The second kappa shape index (κ2) is 6.67. The van der Waals surface area contributed by atoms with Crippen LogP contribution in [0.4, 0.5) is 0 Å². The molecule has 2 aliphatic heterocycles. The lowest BCUT2D eigenvalue weighted by Crippen LogP contribution is -2.75. The highest BCUT2D eigenvalue weighted by Crippen LogP contribution is 2.66. The van der Waals surface area contributed by atoms with Crippen molar-refractivity contribution in [3.05, 3.63) is 35.4 Å². The van der Waals surface area contributed by atoms with Crippen molar-refractivity contribution in [1.29, 1.82) is 0 Å². The molecule has 1 N–H and O–H groups in total. The Bertz CT molecular complexity index is 1030. The van der Waals surface area contributed by atoms with Gasteiger partial charge in [-0.1, -0.05) is 40.3 Å². The van der Waals surface area contributed by atoms with Gasteiger partial charge in [0.05, 0.1) is 11.0 Å². The first-order chi connectivity index (χ1) is 15.4. The van der Waals surface area contributed by atoms with Gasteiger partial charge in [-0.05, 0) is 85.8 Å². The number of ether oxygens (including phenoxy) is 1. The van der Waals surface area contributed by atoms with Crippen molar-refractivity contribution in [3.63, 3.8) is 0 Å². The first-order valence-electron chi connectivity index (χ1n) is 13.1. The quantitative estimate of drug-likeness (QED) is 0.473. The van der Waals surface area contributed by atoms with Gasteiger partial charge >= 0.3 is 0 Å². The van der Waals surface area contributed by atoms with Crippen LogP contribution in [0.1, 0.15) is 64.5 Å². The van der Waals surface area contributed by atoms with Crippen LogP contribution in [0.5, 0.6) is 11.5 Å². The zero-order valence-corrected chi connectivity index (χ0v) is 22.3. The minimum atomic E-state index is -2.03. The molecule has 3 aliphatic carbocycles. The lowest BCUT2D eigenvalue weighted by molar-refractivity contribution is -0.174. The summed E-state index contributed by atoms with van der Waals surface area (Å²) >= 11 is 0. The van der Waals surface area contributed by atoms with E-state index in [2.05, 4.69) is 64.4 Å². The maximum Gasteiger partial charge on any atom is 0.250 e. The van der Waals surface area contributed by atoms with Crippen molar-refractivity contribution in [2.75, 3.05) is 13.1 Å². The number of rotatable bonds is 4. The first kappa shape index (κ1) is 22.2. The van der Waals surface area contributed by atoms with Crippen molar-refractivity contribution in [2.24, 2.45) is 11.8 Å². The van der Waals surface area contributed by atoms with Crippen LogP contribution < -0.4 is 9.16 Å². The molecule has 6 atom stereocenters. The Morgan fingerprint density at radius 1 is 1.27 bits per heavy atom. The minimum absolute atomic E-state index is 0.111. The van der Waals surface area contributed by atoms with E-state index in [1.165, 1.54) is 17.5 Å². The monoisotopic (exact) mass is 467 g/mol. The fourth-order valence-corrected chi connectivity index (χ4v) is 8.23. The average molecular weight is 468 g/mol. The van der Waals surface area contributed by atoms with Crippen LogP contribution in [-0.4, -0.2) is 49.2 Å². The number of likely N-dealkylation sites (tertiary alicyclic amines) is 1. The molecule has 5 aliphatic rings. The summed E-state index contributed by atoms with van der Waals surface area (Å²) in [5.41, 5.74) is 2.61. The van der Waals surface area contributed by atoms with Crippen LogP contribution in [0.25, 0.3) is 0 Å². The van der Waals surface area contributed by atoms with Gasteiger partial charge < -0.3 is 14.3 Å². The molecule has 0 radical (unpaired) electrons. The van der Waals surface area contributed by atoms with Crippen molar-refractivity contribution >= 4 is 8.32 Å². The molecular formula is C28H41NO3Si. The average Bonchev–Trinajstić information content (AvgIpc) is 3.28. The van der Waals surface area contributed by atoms with Gasteiger partial charge in [-0.15, -0.1) is 0 Å². The van der Waals surface area contributed by atoms with Gasteiger partial charge in [0.25, 0.3) is 8.32 Å². The molecule has 4 nitrogen and oxygen atoms in total. The summed E-state index contributed by atoms with van der Waals surface area (Å²) in [6.07, 6.45) is 4.68. The number of nitrogens with zero attached hydrogens (tertiary/aromatic N) is 1. The fraction of sp³-hybridized carbons (Fsp3) is 0.714. The topological polar surface area (TPSA) is 41.9 Å². The molecule has 0 amide bonds. The molecule has 2 heterocycles. The third-order valence-electron chi connectivity index (χ3n) is 10.4. The van der Waals surface area contributed by atoms with E-state index in [1.807, 2.05) is 0 Å². The Hall–Kier alpha value is -1.30. The zero-order chi connectivity index (χ0) is 23.6. The summed E-state index contributed by atoms with van der Waals surface area (Å²) < 4.78 is 13.6. The minimum Gasteiger partial charge on any atom is -0.541 e. The molecule has 3 fully saturated rings. The van der Waals surface area contributed by atoms with E-state index in [-0.39, 0.29) is 22.6 Å². The number of benzene rings is 1.